The highest BCUT2D eigenvalue weighted by Gasteiger charge is 2.13. The fourth-order valence-electron chi connectivity index (χ4n) is 1.49. The van der Waals surface area contributed by atoms with Crippen LogP contribution in [-0.4, -0.2) is 50.2 Å². The van der Waals surface area contributed by atoms with E-state index in [-0.39, 0.29) is 5.69 Å². The van der Waals surface area contributed by atoms with E-state index in [1.807, 2.05) is 0 Å². The van der Waals surface area contributed by atoms with Crippen molar-refractivity contribution in [2.45, 2.75) is 19.3 Å². The predicted octanol–water partition coefficient (Wildman–Crippen LogP) is 1.33. The third-order valence-electron chi connectivity index (χ3n) is 2.41. The second-order valence-corrected chi connectivity index (χ2v) is 3.73. The first kappa shape index (κ1) is 13.9. The molecule has 1 fully saturated rings. The molecule has 0 bridgehead atoms. The van der Waals surface area contributed by atoms with Crippen LogP contribution in [0, 0.1) is 0 Å². The van der Waals surface area contributed by atoms with Crippen LogP contribution in [0.2, 0.25) is 0 Å². The highest BCUT2D eigenvalue weighted by molar-refractivity contribution is 5.84. The van der Waals surface area contributed by atoms with Crippen LogP contribution in [0.4, 0.5) is 4.79 Å². The van der Waals surface area contributed by atoms with Gasteiger partial charge in [0.05, 0.1) is 6.20 Å². The SMILES string of the molecule is O=C(O)N1CCCCC1.O=C(O)c1cnccn1. The van der Waals surface area contributed by atoms with E-state index >= 15 is 0 Å². The molecule has 2 heterocycles. The summed E-state index contributed by atoms with van der Waals surface area (Å²) in [4.78, 5) is 28.9. The van der Waals surface area contributed by atoms with Crippen LogP contribution in [0.1, 0.15) is 29.8 Å². The number of carbonyl (C=O) groups is 2. The Labute approximate surface area is 104 Å². The van der Waals surface area contributed by atoms with Gasteiger partial charge in [0, 0.05) is 25.5 Å². The molecule has 0 aromatic carbocycles. The number of piperidine rings is 1. The van der Waals surface area contributed by atoms with Crippen LogP contribution in [0.25, 0.3) is 0 Å². The zero-order valence-electron chi connectivity index (χ0n) is 9.82. The standard InChI is InChI=1S/C6H11NO2.C5H4N2O2/c8-6(9)7-4-2-1-3-5-7;8-5(9)4-3-6-1-2-7-4/h1-5H2,(H,8,9);1-3H,(H,8,9). The van der Waals surface area contributed by atoms with Crippen molar-refractivity contribution in [2.24, 2.45) is 0 Å². The molecule has 1 aliphatic heterocycles. The molecule has 1 aromatic rings. The van der Waals surface area contributed by atoms with Crippen LogP contribution >= 0.6 is 0 Å². The zero-order chi connectivity index (χ0) is 13.4. The Bertz CT molecular complexity index is 391. The third kappa shape index (κ3) is 4.77. The highest BCUT2D eigenvalue weighted by Crippen LogP contribution is 2.07. The monoisotopic (exact) mass is 253 g/mol. The molecular weight excluding hydrogens is 238 g/mol. The van der Waals surface area contributed by atoms with Gasteiger partial charge in [-0.05, 0) is 19.3 Å². The quantitative estimate of drug-likeness (QED) is 0.782. The van der Waals surface area contributed by atoms with Gasteiger partial charge in [0.2, 0.25) is 0 Å². The van der Waals surface area contributed by atoms with E-state index in [0.717, 1.165) is 25.9 Å². The topological polar surface area (TPSA) is 104 Å². The molecular formula is C11H15N3O4. The molecule has 0 spiro atoms. The molecule has 1 amide bonds. The number of hydrogen-bond acceptors (Lipinski definition) is 4. The van der Waals surface area contributed by atoms with Crippen LogP contribution in [0.15, 0.2) is 18.6 Å². The summed E-state index contributed by atoms with van der Waals surface area (Å²) >= 11 is 0. The molecule has 2 rings (SSSR count). The van der Waals surface area contributed by atoms with Crippen molar-refractivity contribution in [1.82, 2.24) is 14.9 Å². The minimum atomic E-state index is -1.05. The van der Waals surface area contributed by atoms with Crippen LogP contribution in [0.5, 0.6) is 0 Å². The molecule has 0 unspecified atom stereocenters. The average Bonchev–Trinajstić information content (AvgIpc) is 2.41. The Balaban J connectivity index is 0.000000180. The second-order valence-electron chi connectivity index (χ2n) is 3.73. The molecule has 1 saturated heterocycles. The number of rotatable bonds is 1. The lowest BCUT2D eigenvalue weighted by Gasteiger charge is -2.22. The van der Waals surface area contributed by atoms with Crippen LogP contribution in [-0.2, 0) is 0 Å². The van der Waals surface area contributed by atoms with E-state index in [9.17, 15) is 9.59 Å². The van der Waals surface area contributed by atoms with E-state index in [4.69, 9.17) is 10.2 Å². The summed E-state index contributed by atoms with van der Waals surface area (Å²) < 4.78 is 0. The van der Waals surface area contributed by atoms with Gasteiger partial charge in [0.25, 0.3) is 0 Å². The van der Waals surface area contributed by atoms with E-state index < -0.39 is 12.1 Å². The normalized spacial score (nSPS) is 14.3. The number of hydrogen-bond donors (Lipinski definition) is 2. The first-order valence-corrected chi connectivity index (χ1v) is 5.58. The molecule has 0 radical (unpaired) electrons. The lowest BCUT2D eigenvalue weighted by molar-refractivity contribution is 0.0690. The van der Waals surface area contributed by atoms with E-state index in [2.05, 4.69) is 9.97 Å². The molecule has 0 saturated carbocycles. The average molecular weight is 253 g/mol. The van der Waals surface area contributed by atoms with Gasteiger partial charge in [0.1, 0.15) is 0 Å². The number of likely N-dealkylation sites (tertiary alicyclic amines) is 1. The fraction of sp³-hybridized carbons (Fsp3) is 0.455. The Morgan fingerprint density at radius 3 is 2.11 bits per heavy atom. The third-order valence-corrected chi connectivity index (χ3v) is 2.41. The van der Waals surface area contributed by atoms with Crippen molar-refractivity contribution < 1.29 is 19.8 Å². The van der Waals surface area contributed by atoms with Crippen molar-refractivity contribution in [2.75, 3.05) is 13.1 Å². The summed E-state index contributed by atoms with van der Waals surface area (Å²) in [6, 6.07) is 0. The smallest absolute Gasteiger partial charge is 0.407 e. The molecule has 1 aliphatic rings. The molecule has 98 valence electrons. The Morgan fingerprint density at radius 2 is 1.78 bits per heavy atom. The lowest BCUT2D eigenvalue weighted by atomic mass is 10.1. The van der Waals surface area contributed by atoms with E-state index in [1.165, 1.54) is 29.9 Å². The number of carboxylic acid groups (broad SMARTS) is 2. The number of nitrogens with zero attached hydrogens (tertiary/aromatic N) is 3. The van der Waals surface area contributed by atoms with Crippen molar-refractivity contribution in [3.05, 3.63) is 24.3 Å². The molecule has 0 aliphatic carbocycles. The lowest BCUT2D eigenvalue weighted by Crippen LogP contribution is -2.34. The summed E-state index contributed by atoms with van der Waals surface area (Å²) in [6.07, 6.45) is 6.44. The van der Waals surface area contributed by atoms with Gasteiger partial charge in [0.15, 0.2) is 5.69 Å². The minimum absolute atomic E-state index is 0.0301. The summed E-state index contributed by atoms with van der Waals surface area (Å²) in [5, 5.41) is 16.7. The zero-order valence-corrected chi connectivity index (χ0v) is 9.82. The second kappa shape index (κ2) is 7.21. The molecule has 2 N–H and O–H groups in total. The summed E-state index contributed by atoms with van der Waals surface area (Å²) in [7, 11) is 0. The first-order valence-electron chi connectivity index (χ1n) is 5.58. The Kier molecular flexibility index (Phi) is 5.56. The number of aromatic nitrogens is 2. The van der Waals surface area contributed by atoms with E-state index in [1.54, 1.807) is 0 Å². The molecule has 7 nitrogen and oxygen atoms in total. The van der Waals surface area contributed by atoms with Gasteiger partial charge in [-0.15, -0.1) is 0 Å². The van der Waals surface area contributed by atoms with Crippen molar-refractivity contribution in [3.8, 4) is 0 Å². The van der Waals surface area contributed by atoms with Crippen LogP contribution < -0.4 is 0 Å². The number of carboxylic acids is 1. The maximum atomic E-state index is 10.3. The Morgan fingerprint density at radius 1 is 1.11 bits per heavy atom. The summed E-state index contributed by atoms with van der Waals surface area (Å²) in [5.74, 6) is -1.05. The van der Waals surface area contributed by atoms with Gasteiger partial charge >= 0.3 is 12.1 Å². The van der Waals surface area contributed by atoms with Crippen LogP contribution in [0.3, 0.4) is 0 Å². The minimum Gasteiger partial charge on any atom is -0.476 e. The molecule has 18 heavy (non-hydrogen) atoms. The molecule has 1 aromatic heterocycles. The van der Waals surface area contributed by atoms with Gasteiger partial charge in [-0.1, -0.05) is 0 Å². The summed E-state index contributed by atoms with van der Waals surface area (Å²) in [6.45, 7) is 1.46. The van der Waals surface area contributed by atoms with Gasteiger partial charge in [-0.25, -0.2) is 14.6 Å². The molecule has 7 heteroatoms. The fourth-order valence-corrected chi connectivity index (χ4v) is 1.49. The molecule has 0 atom stereocenters. The number of amides is 1. The maximum absolute atomic E-state index is 10.3. The predicted molar refractivity (Wildman–Crippen MR) is 62.4 cm³/mol. The maximum Gasteiger partial charge on any atom is 0.407 e. The Hall–Kier alpha value is -2.18. The summed E-state index contributed by atoms with van der Waals surface area (Å²) in [5.41, 5.74) is -0.0301. The van der Waals surface area contributed by atoms with Gasteiger partial charge < -0.3 is 15.1 Å². The van der Waals surface area contributed by atoms with Crippen molar-refractivity contribution >= 4 is 12.1 Å². The van der Waals surface area contributed by atoms with Gasteiger partial charge in [-0.3, -0.25) is 4.98 Å². The highest BCUT2D eigenvalue weighted by atomic mass is 16.4. The first-order chi connectivity index (χ1) is 8.61. The number of aromatic carboxylic acids is 1. The van der Waals surface area contributed by atoms with Gasteiger partial charge in [-0.2, -0.15) is 0 Å². The largest absolute Gasteiger partial charge is 0.476 e. The van der Waals surface area contributed by atoms with Crippen molar-refractivity contribution in [3.63, 3.8) is 0 Å². The van der Waals surface area contributed by atoms with E-state index in [0.29, 0.717) is 0 Å². The van der Waals surface area contributed by atoms with Crippen molar-refractivity contribution in [1.29, 1.82) is 0 Å².